The van der Waals surface area contributed by atoms with Gasteiger partial charge in [0.05, 0.1) is 17.6 Å². The SMILES string of the molecule is Cc1nc(NC(=O)N2CCN(C3CCCCC3)C2=O)ccc1Oc1ccnc(-c2cnn(C)c2)c1. The summed E-state index contributed by atoms with van der Waals surface area (Å²) in [4.78, 5) is 37.6. The summed E-state index contributed by atoms with van der Waals surface area (Å²) in [7, 11) is 1.85. The minimum Gasteiger partial charge on any atom is -0.455 e. The lowest BCUT2D eigenvalue weighted by molar-refractivity contribution is 0.165. The second-order valence-electron chi connectivity index (χ2n) is 9.01. The number of carbonyl (C=O) groups excluding carboxylic acids is 2. The highest BCUT2D eigenvalue weighted by Gasteiger charge is 2.37. The average molecular weight is 476 g/mol. The number of ether oxygens (including phenoxy) is 1. The lowest BCUT2D eigenvalue weighted by Crippen LogP contribution is -2.43. The maximum Gasteiger partial charge on any atom is 0.331 e. The Bertz CT molecular complexity index is 1240. The molecule has 1 N–H and O–H groups in total. The molecule has 35 heavy (non-hydrogen) atoms. The molecule has 1 saturated carbocycles. The number of carbonyl (C=O) groups is 2. The first-order chi connectivity index (χ1) is 17.0. The van der Waals surface area contributed by atoms with Crippen molar-refractivity contribution in [2.45, 2.75) is 45.1 Å². The third-order valence-electron chi connectivity index (χ3n) is 6.53. The number of anilines is 1. The lowest BCUT2D eigenvalue weighted by atomic mass is 9.94. The molecule has 0 atom stereocenters. The van der Waals surface area contributed by atoms with Gasteiger partial charge in [-0.15, -0.1) is 0 Å². The zero-order valence-electron chi connectivity index (χ0n) is 20.0. The topological polar surface area (TPSA) is 105 Å². The van der Waals surface area contributed by atoms with E-state index in [4.69, 9.17) is 4.74 Å². The number of hydrogen-bond acceptors (Lipinski definition) is 6. The van der Waals surface area contributed by atoms with Gasteiger partial charge in [-0.2, -0.15) is 5.10 Å². The summed E-state index contributed by atoms with van der Waals surface area (Å²) in [5, 5.41) is 6.94. The van der Waals surface area contributed by atoms with Crippen LogP contribution in [0, 0.1) is 6.92 Å². The van der Waals surface area contributed by atoms with Crippen molar-refractivity contribution in [3.8, 4) is 22.8 Å². The summed E-state index contributed by atoms with van der Waals surface area (Å²) in [6.07, 6.45) is 10.9. The highest BCUT2D eigenvalue weighted by Crippen LogP contribution is 2.29. The van der Waals surface area contributed by atoms with Crippen molar-refractivity contribution in [2.75, 3.05) is 18.4 Å². The smallest absolute Gasteiger partial charge is 0.331 e. The van der Waals surface area contributed by atoms with Crippen LogP contribution in [-0.2, 0) is 7.05 Å². The average Bonchev–Trinajstić information content (AvgIpc) is 3.47. The summed E-state index contributed by atoms with van der Waals surface area (Å²) in [6, 6.07) is 6.61. The number of imide groups is 1. The van der Waals surface area contributed by atoms with Crippen molar-refractivity contribution < 1.29 is 14.3 Å². The van der Waals surface area contributed by atoms with E-state index in [1.54, 1.807) is 42.2 Å². The van der Waals surface area contributed by atoms with Crippen molar-refractivity contribution in [1.29, 1.82) is 0 Å². The Balaban J connectivity index is 1.23. The van der Waals surface area contributed by atoms with Gasteiger partial charge < -0.3 is 9.64 Å². The number of nitrogens with zero attached hydrogens (tertiary/aromatic N) is 6. The van der Waals surface area contributed by atoms with Gasteiger partial charge in [0, 0.05) is 50.2 Å². The van der Waals surface area contributed by atoms with Gasteiger partial charge in [-0.25, -0.2) is 19.5 Å². The Kier molecular flexibility index (Phi) is 6.35. The Morgan fingerprint density at radius 1 is 1.14 bits per heavy atom. The van der Waals surface area contributed by atoms with Crippen molar-refractivity contribution >= 4 is 17.9 Å². The lowest BCUT2D eigenvalue weighted by Gasteiger charge is -2.30. The standard InChI is InChI=1S/C25H29N7O3/c1-17-22(35-20-10-11-26-21(14-20)18-15-27-30(2)16-18)8-9-23(28-17)29-24(33)32-13-12-31(25(32)34)19-6-4-3-5-7-19/h8-11,14-16,19H,3-7,12-13H2,1-2H3,(H,28,29,33). The first kappa shape index (κ1) is 22.8. The fraction of sp³-hybridized carbons (Fsp3) is 0.400. The van der Waals surface area contributed by atoms with Crippen LogP contribution in [0.3, 0.4) is 0 Å². The van der Waals surface area contributed by atoms with Crippen molar-refractivity contribution in [2.24, 2.45) is 7.05 Å². The number of urea groups is 2. The molecule has 4 heterocycles. The molecule has 2 fully saturated rings. The molecule has 1 aliphatic heterocycles. The van der Waals surface area contributed by atoms with Gasteiger partial charge in [-0.1, -0.05) is 19.3 Å². The molecule has 10 heteroatoms. The molecule has 1 aliphatic carbocycles. The Hall–Kier alpha value is -3.95. The molecule has 4 amide bonds. The molecule has 3 aromatic heterocycles. The molecule has 0 radical (unpaired) electrons. The molecule has 1 saturated heterocycles. The number of amides is 4. The molecule has 0 unspecified atom stereocenters. The Morgan fingerprint density at radius 2 is 1.97 bits per heavy atom. The quantitative estimate of drug-likeness (QED) is 0.579. The molecule has 182 valence electrons. The number of aromatic nitrogens is 4. The van der Waals surface area contributed by atoms with E-state index in [9.17, 15) is 9.59 Å². The molecule has 10 nitrogen and oxygen atoms in total. The van der Waals surface area contributed by atoms with Crippen LogP contribution in [0.4, 0.5) is 15.4 Å². The minimum absolute atomic E-state index is 0.215. The first-order valence-electron chi connectivity index (χ1n) is 12.0. The predicted octanol–water partition coefficient (Wildman–Crippen LogP) is 4.58. The Morgan fingerprint density at radius 3 is 2.71 bits per heavy atom. The first-order valence-corrected chi connectivity index (χ1v) is 12.0. The van der Waals surface area contributed by atoms with Crippen molar-refractivity contribution in [1.82, 2.24) is 29.5 Å². The summed E-state index contributed by atoms with van der Waals surface area (Å²) in [6.45, 7) is 2.78. The molecule has 2 aliphatic rings. The Labute approximate surface area is 203 Å². The summed E-state index contributed by atoms with van der Waals surface area (Å²) < 4.78 is 7.74. The summed E-state index contributed by atoms with van der Waals surface area (Å²) >= 11 is 0. The number of pyridine rings is 2. The van der Waals surface area contributed by atoms with Gasteiger partial charge in [0.15, 0.2) is 0 Å². The normalized spacial score (nSPS) is 16.6. The van der Waals surface area contributed by atoms with Crippen LogP contribution in [-0.4, -0.2) is 60.7 Å². The van der Waals surface area contributed by atoms with Crippen LogP contribution in [0.15, 0.2) is 42.9 Å². The van der Waals surface area contributed by atoms with E-state index in [1.165, 1.54) is 11.3 Å². The van der Waals surface area contributed by atoms with Crippen LogP contribution in [0.5, 0.6) is 11.5 Å². The molecule has 0 bridgehead atoms. The fourth-order valence-electron chi connectivity index (χ4n) is 4.69. The van der Waals surface area contributed by atoms with Crippen LogP contribution in [0.25, 0.3) is 11.3 Å². The van der Waals surface area contributed by atoms with E-state index in [2.05, 4.69) is 20.4 Å². The van der Waals surface area contributed by atoms with Gasteiger partial charge in [-0.05, 0) is 38.0 Å². The molecule has 5 rings (SSSR count). The van der Waals surface area contributed by atoms with Gasteiger partial charge in [0.1, 0.15) is 17.3 Å². The van der Waals surface area contributed by atoms with E-state index in [-0.39, 0.29) is 12.1 Å². The molecule has 0 aromatic carbocycles. The fourth-order valence-corrected chi connectivity index (χ4v) is 4.69. The van der Waals surface area contributed by atoms with E-state index >= 15 is 0 Å². The zero-order chi connectivity index (χ0) is 24.4. The van der Waals surface area contributed by atoms with Gasteiger partial charge in [0.2, 0.25) is 0 Å². The third-order valence-corrected chi connectivity index (χ3v) is 6.53. The van der Waals surface area contributed by atoms with E-state index in [0.29, 0.717) is 36.1 Å². The van der Waals surface area contributed by atoms with Crippen molar-refractivity contribution in [3.05, 3.63) is 48.5 Å². The zero-order valence-corrected chi connectivity index (χ0v) is 20.0. The number of hydrogen-bond donors (Lipinski definition) is 1. The molecular formula is C25H29N7O3. The maximum absolute atomic E-state index is 12.8. The third kappa shape index (κ3) is 4.96. The number of nitrogens with one attached hydrogen (secondary N) is 1. The number of aryl methyl sites for hydroxylation is 2. The molecule has 3 aromatic rings. The van der Waals surface area contributed by atoms with E-state index in [0.717, 1.165) is 36.9 Å². The number of rotatable bonds is 5. The highest BCUT2D eigenvalue weighted by atomic mass is 16.5. The van der Waals surface area contributed by atoms with Crippen LogP contribution < -0.4 is 10.1 Å². The van der Waals surface area contributed by atoms with E-state index < -0.39 is 6.03 Å². The van der Waals surface area contributed by atoms with E-state index in [1.807, 2.05) is 24.2 Å². The second kappa shape index (κ2) is 9.73. The van der Waals surface area contributed by atoms with Crippen LogP contribution >= 0.6 is 0 Å². The van der Waals surface area contributed by atoms with Crippen LogP contribution in [0.2, 0.25) is 0 Å². The maximum atomic E-state index is 12.8. The molecular weight excluding hydrogens is 446 g/mol. The predicted molar refractivity (Wildman–Crippen MR) is 130 cm³/mol. The summed E-state index contributed by atoms with van der Waals surface area (Å²) in [5.41, 5.74) is 2.26. The monoisotopic (exact) mass is 475 g/mol. The molecule has 0 spiro atoms. The van der Waals surface area contributed by atoms with Gasteiger partial charge in [0.25, 0.3) is 0 Å². The highest BCUT2D eigenvalue weighted by molar-refractivity contribution is 6.01. The van der Waals surface area contributed by atoms with Gasteiger partial charge in [-0.3, -0.25) is 15.0 Å². The van der Waals surface area contributed by atoms with Crippen molar-refractivity contribution in [3.63, 3.8) is 0 Å². The second-order valence-corrected chi connectivity index (χ2v) is 9.01. The largest absolute Gasteiger partial charge is 0.455 e. The minimum atomic E-state index is -0.455. The summed E-state index contributed by atoms with van der Waals surface area (Å²) in [5.74, 6) is 1.55. The van der Waals surface area contributed by atoms with Gasteiger partial charge >= 0.3 is 12.1 Å². The van der Waals surface area contributed by atoms with Crippen LogP contribution in [0.1, 0.15) is 37.8 Å².